The van der Waals surface area contributed by atoms with E-state index in [1.54, 1.807) is 13.0 Å². The summed E-state index contributed by atoms with van der Waals surface area (Å²) in [5.41, 5.74) is 4.25. The number of amides is 1. The molecule has 3 aromatic rings. The number of halogens is 1. The van der Waals surface area contributed by atoms with Crippen molar-refractivity contribution in [2.24, 2.45) is 0 Å². The molecule has 3 rings (SSSR count). The van der Waals surface area contributed by atoms with Crippen molar-refractivity contribution in [3.05, 3.63) is 76.6 Å². The molecule has 0 aliphatic carbocycles. The molecule has 2 aromatic carbocycles. The fourth-order valence-corrected chi connectivity index (χ4v) is 3.20. The smallest absolute Gasteiger partial charge is 0.260 e. The molecule has 1 aromatic heterocycles. The normalized spacial score (nSPS) is 11.9. The van der Waals surface area contributed by atoms with Crippen LogP contribution in [-0.4, -0.2) is 28.3 Å². The monoisotopic (exact) mass is 411 g/mol. The number of benzene rings is 2. The van der Waals surface area contributed by atoms with Crippen LogP contribution in [0.4, 0.5) is 0 Å². The molecule has 1 N–H and O–H groups in total. The Morgan fingerprint density at radius 2 is 1.97 bits per heavy atom. The molecule has 0 spiro atoms. The van der Waals surface area contributed by atoms with Crippen molar-refractivity contribution in [2.75, 3.05) is 6.54 Å². The van der Waals surface area contributed by atoms with E-state index < -0.39 is 6.10 Å². The molecule has 1 unspecified atom stereocenters. The molecule has 0 saturated carbocycles. The number of para-hydroxylation sites is 1. The molecule has 29 heavy (non-hydrogen) atoms. The summed E-state index contributed by atoms with van der Waals surface area (Å²) in [6.07, 6.45) is 3.11. The van der Waals surface area contributed by atoms with Gasteiger partial charge in [0, 0.05) is 12.7 Å². The minimum absolute atomic E-state index is 0.153. The molecule has 0 saturated heterocycles. The van der Waals surface area contributed by atoms with Gasteiger partial charge in [-0.3, -0.25) is 4.79 Å². The maximum Gasteiger partial charge on any atom is 0.260 e. The molecule has 6 heteroatoms. The predicted molar refractivity (Wildman–Crippen MR) is 116 cm³/mol. The van der Waals surface area contributed by atoms with Crippen molar-refractivity contribution in [1.82, 2.24) is 15.1 Å². The Balaban J connectivity index is 1.47. The largest absolute Gasteiger partial charge is 0.479 e. The summed E-state index contributed by atoms with van der Waals surface area (Å²) >= 11 is 6.14. The van der Waals surface area contributed by atoms with E-state index >= 15 is 0 Å². The summed E-state index contributed by atoms with van der Waals surface area (Å²) in [5, 5.41) is 8.01. The third-order valence-corrected chi connectivity index (χ3v) is 5.02. The van der Waals surface area contributed by atoms with E-state index in [4.69, 9.17) is 16.3 Å². The first kappa shape index (κ1) is 20.9. The second-order valence-electron chi connectivity index (χ2n) is 7.11. The zero-order valence-electron chi connectivity index (χ0n) is 17.0. The second kappa shape index (κ2) is 9.61. The number of nitrogens with one attached hydrogen (secondary N) is 1. The van der Waals surface area contributed by atoms with Gasteiger partial charge in [-0.05, 0) is 69.0 Å². The minimum Gasteiger partial charge on any atom is -0.479 e. The van der Waals surface area contributed by atoms with Crippen molar-refractivity contribution in [3.63, 3.8) is 0 Å². The summed E-state index contributed by atoms with van der Waals surface area (Å²) in [6, 6.07) is 15.5. The lowest BCUT2D eigenvalue weighted by Gasteiger charge is -2.16. The maximum absolute atomic E-state index is 12.3. The molecule has 1 amide bonds. The van der Waals surface area contributed by atoms with Crippen LogP contribution in [0.2, 0.25) is 5.02 Å². The van der Waals surface area contributed by atoms with Crippen LogP contribution < -0.4 is 10.1 Å². The third-order valence-electron chi connectivity index (χ3n) is 4.70. The van der Waals surface area contributed by atoms with Gasteiger partial charge in [0.25, 0.3) is 5.91 Å². The number of rotatable bonds is 8. The Labute approximate surface area is 176 Å². The highest BCUT2D eigenvalue weighted by Crippen LogP contribution is 2.26. The van der Waals surface area contributed by atoms with Crippen molar-refractivity contribution >= 4 is 17.5 Å². The average Bonchev–Trinajstić information content (AvgIpc) is 3.09. The van der Waals surface area contributed by atoms with E-state index in [1.165, 1.54) is 5.56 Å². The molecule has 0 radical (unpaired) electrons. The van der Waals surface area contributed by atoms with Crippen LogP contribution in [-0.2, 0) is 11.2 Å². The summed E-state index contributed by atoms with van der Waals surface area (Å²) in [5.74, 6) is 0.373. The van der Waals surface area contributed by atoms with Crippen LogP contribution in [0.3, 0.4) is 0 Å². The van der Waals surface area contributed by atoms with Gasteiger partial charge in [0.15, 0.2) is 6.10 Å². The van der Waals surface area contributed by atoms with Crippen molar-refractivity contribution < 1.29 is 9.53 Å². The number of ether oxygens (including phenoxy) is 1. The van der Waals surface area contributed by atoms with Gasteiger partial charge in [-0.1, -0.05) is 35.9 Å². The quantitative estimate of drug-likeness (QED) is 0.548. The molecule has 0 aliphatic rings. The SMILES string of the molecule is Cc1ccc(Cl)c(OC(C)C(=O)NCCCc2cn(-c3ccccc3)nc2C)c1. The molecular weight excluding hydrogens is 386 g/mol. The van der Waals surface area contributed by atoms with Gasteiger partial charge in [0.1, 0.15) is 5.75 Å². The fraction of sp³-hybridized carbons (Fsp3) is 0.304. The van der Waals surface area contributed by atoms with Gasteiger partial charge in [-0.2, -0.15) is 5.10 Å². The zero-order valence-corrected chi connectivity index (χ0v) is 17.7. The van der Waals surface area contributed by atoms with Crippen LogP contribution >= 0.6 is 11.6 Å². The number of carbonyl (C=O) groups is 1. The highest BCUT2D eigenvalue weighted by molar-refractivity contribution is 6.32. The molecule has 1 atom stereocenters. The molecular formula is C23H26ClN3O2. The minimum atomic E-state index is -0.614. The summed E-state index contributed by atoms with van der Waals surface area (Å²) < 4.78 is 7.61. The van der Waals surface area contributed by atoms with Gasteiger partial charge >= 0.3 is 0 Å². The van der Waals surface area contributed by atoms with Gasteiger partial charge in [0.2, 0.25) is 0 Å². The lowest BCUT2D eigenvalue weighted by molar-refractivity contribution is -0.127. The standard InChI is InChI=1S/C23H26ClN3O2/c1-16-11-12-21(24)22(14-16)29-18(3)23(28)25-13-7-8-19-15-27(26-17(19)2)20-9-5-4-6-10-20/h4-6,9-12,14-15,18H,7-8,13H2,1-3H3,(H,25,28). The Morgan fingerprint density at radius 1 is 1.21 bits per heavy atom. The van der Waals surface area contributed by atoms with Crippen molar-refractivity contribution in [3.8, 4) is 11.4 Å². The van der Waals surface area contributed by atoms with Gasteiger partial charge < -0.3 is 10.1 Å². The maximum atomic E-state index is 12.3. The summed E-state index contributed by atoms with van der Waals surface area (Å²) in [6.45, 7) is 6.26. The first-order valence-electron chi connectivity index (χ1n) is 9.75. The van der Waals surface area contributed by atoms with Crippen molar-refractivity contribution in [1.29, 1.82) is 0 Å². The topological polar surface area (TPSA) is 56.1 Å². The van der Waals surface area contributed by atoms with E-state index in [2.05, 4.69) is 16.6 Å². The highest BCUT2D eigenvalue weighted by atomic mass is 35.5. The molecule has 152 valence electrons. The Hall–Kier alpha value is -2.79. The Bertz CT molecular complexity index is 970. The predicted octanol–water partition coefficient (Wildman–Crippen LogP) is 4.66. The molecule has 5 nitrogen and oxygen atoms in total. The van der Waals surface area contributed by atoms with E-state index in [0.717, 1.165) is 29.8 Å². The lowest BCUT2D eigenvalue weighted by Crippen LogP contribution is -2.37. The molecule has 1 heterocycles. The summed E-state index contributed by atoms with van der Waals surface area (Å²) in [4.78, 5) is 12.3. The van der Waals surface area contributed by atoms with Crippen LogP contribution in [0.15, 0.2) is 54.7 Å². The number of nitrogens with zero attached hydrogens (tertiary/aromatic N) is 2. The van der Waals surface area contributed by atoms with Crippen LogP contribution in [0.1, 0.15) is 30.2 Å². The Morgan fingerprint density at radius 3 is 2.72 bits per heavy atom. The number of hydrogen-bond donors (Lipinski definition) is 1. The average molecular weight is 412 g/mol. The second-order valence-corrected chi connectivity index (χ2v) is 7.52. The van der Waals surface area contributed by atoms with Crippen LogP contribution in [0.25, 0.3) is 5.69 Å². The van der Waals surface area contributed by atoms with E-state index in [1.807, 2.05) is 61.0 Å². The highest BCUT2D eigenvalue weighted by Gasteiger charge is 2.16. The van der Waals surface area contributed by atoms with E-state index in [0.29, 0.717) is 17.3 Å². The van der Waals surface area contributed by atoms with Gasteiger partial charge in [-0.15, -0.1) is 0 Å². The first-order valence-corrected chi connectivity index (χ1v) is 10.1. The van der Waals surface area contributed by atoms with E-state index in [9.17, 15) is 4.79 Å². The number of hydrogen-bond acceptors (Lipinski definition) is 3. The van der Waals surface area contributed by atoms with Crippen LogP contribution in [0, 0.1) is 13.8 Å². The van der Waals surface area contributed by atoms with Crippen LogP contribution in [0.5, 0.6) is 5.75 Å². The number of aryl methyl sites for hydroxylation is 3. The van der Waals surface area contributed by atoms with Crippen molar-refractivity contribution in [2.45, 2.75) is 39.7 Å². The first-order chi connectivity index (χ1) is 13.9. The Kier molecular flexibility index (Phi) is 6.94. The number of aromatic nitrogens is 2. The molecule has 0 fully saturated rings. The zero-order chi connectivity index (χ0) is 20.8. The van der Waals surface area contributed by atoms with Gasteiger partial charge in [0.05, 0.1) is 16.4 Å². The third kappa shape index (κ3) is 5.61. The fourth-order valence-electron chi connectivity index (χ4n) is 3.03. The van der Waals surface area contributed by atoms with Gasteiger partial charge in [-0.25, -0.2) is 4.68 Å². The van der Waals surface area contributed by atoms with E-state index in [-0.39, 0.29) is 5.91 Å². The lowest BCUT2D eigenvalue weighted by atomic mass is 10.1. The molecule has 0 bridgehead atoms. The summed E-state index contributed by atoms with van der Waals surface area (Å²) in [7, 11) is 0. The number of carbonyl (C=O) groups excluding carboxylic acids is 1. The molecule has 0 aliphatic heterocycles.